The lowest BCUT2D eigenvalue weighted by molar-refractivity contribution is 0.102. The third kappa shape index (κ3) is 3.83. The number of aryl methyl sites for hydroxylation is 3. The summed E-state index contributed by atoms with van der Waals surface area (Å²) >= 11 is 0. The molecule has 126 valence electrons. The molecule has 0 unspecified atom stereocenters. The highest BCUT2D eigenvalue weighted by atomic mass is 16.1. The van der Waals surface area contributed by atoms with Crippen LogP contribution in [0.4, 0.5) is 17.2 Å². The molecule has 0 aliphatic heterocycles. The van der Waals surface area contributed by atoms with E-state index in [0.29, 0.717) is 5.82 Å². The summed E-state index contributed by atoms with van der Waals surface area (Å²) < 4.78 is 0. The zero-order valence-electron chi connectivity index (χ0n) is 14.5. The summed E-state index contributed by atoms with van der Waals surface area (Å²) in [6, 6.07) is 17.1. The fourth-order valence-electron chi connectivity index (χ4n) is 2.56. The molecule has 5 heteroatoms. The predicted molar refractivity (Wildman–Crippen MR) is 100 cm³/mol. The van der Waals surface area contributed by atoms with Gasteiger partial charge in [0.2, 0.25) is 0 Å². The van der Waals surface area contributed by atoms with Gasteiger partial charge in [-0.15, -0.1) is 10.2 Å². The van der Waals surface area contributed by atoms with Crippen molar-refractivity contribution < 1.29 is 4.79 Å². The van der Waals surface area contributed by atoms with Gasteiger partial charge < -0.3 is 10.6 Å². The molecular weight excluding hydrogens is 312 g/mol. The number of rotatable bonds is 4. The number of hydrogen-bond donors (Lipinski definition) is 2. The Labute approximate surface area is 147 Å². The minimum absolute atomic E-state index is 0.273. The van der Waals surface area contributed by atoms with Crippen LogP contribution in [-0.2, 0) is 0 Å². The van der Waals surface area contributed by atoms with Crippen molar-refractivity contribution in [1.29, 1.82) is 0 Å². The molecule has 0 aliphatic carbocycles. The van der Waals surface area contributed by atoms with Gasteiger partial charge in [0, 0.05) is 11.4 Å². The predicted octanol–water partition coefficient (Wildman–Crippen LogP) is 4.40. The number of carbonyl (C=O) groups excluding carboxylic acids is 1. The van der Waals surface area contributed by atoms with Gasteiger partial charge >= 0.3 is 0 Å². The van der Waals surface area contributed by atoms with Crippen LogP contribution < -0.4 is 10.6 Å². The summed E-state index contributed by atoms with van der Waals surface area (Å²) in [5.74, 6) is 0.324. The SMILES string of the molecule is Cc1ccccc1NC(=O)c1ccc(Nc2c(C)cccc2C)nn1. The van der Waals surface area contributed by atoms with Crippen LogP contribution in [0.1, 0.15) is 27.2 Å². The largest absolute Gasteiger partial charge is 0.338 e. The van der Waals surface area contributed by atoms with E-state index >= 15 is 0 Å². The molecule has 1 heterocycles. The molecule has 0 atom stereocenters. The Morgan fingerprint density at radius 1 is 0.800 bits per heavy atom. The summed E-state index contributed by atoms with van der Waals surface area (Å²) in [6.45, 7) is 6.01. The van der Waals surface area contributed by atoms with Crippen LogP contribution in [-0.4, -0.2) is 16.1 Å². The van der Waals surface area contributed by atoms with Gasteiger partial charge in [0.1, 0.15) is 0 Å². The van der Waals surface area contributed by atoms with E-state index < -0.39 is 0 Å². The number of nitrogens with one attached hydrogen (secondary N) is 2. The molecule has 0 spiro atoms. The zero-order valence-corrected chi connectivity index (χ0v) is 14.5. The number of nitrogens with zero attached hydrogens (tertiary/aromatic N) is 2. The monoisotopic (exact) mass is 332 g/mol. The number of anilines is 3. The van der Waals surface area contributed by atoms with Crippen LogP contribution in [0, 0.1) is 20.8 Å². The first-order chi connectivity index (χ1) is 12.0. The fraction of sp³-hybridized carbons (Fsp3) is 0.150. The van der Waals surface area contributed by atoms with E-state index in [9.17, 15) is 4.79 Å². The highest BCUT2D eigenvalue weighted by Crippen LogP contribution is 2.23. The molecule has 25 heavy (non-hydrogen) atoms. The van der Waals surface area contributed by atoms with Crippen molar-refractivity contribution in [1.82, 2.24) is 10.2 Å². The molecule has 0 fully saturated rings. The summed E-state index contributed by atoms with van der Waals surface area (Å²) in [4.78, 5) is 12.3. The second-order valence-corrected chi connectivity index (χ2v) is 5.96. The third-order valence-electron chi connectivity index (χ3n) is 4.02. The molecule has 1 aromatic heterocycles. The van der Waals surface area contributed by atoms with Crippen LogP contribution in [0.15, 0.2) is 54.6 Å². The van der Waals surface area contributed by atoms with Crippen molar-refractivity contribution in [3.05, 3.63) is 77.0 Å². The molecule has 0 bridgehead atoms. The topological polar surface area (TPSA) is 66.9 Å². The van der Waals surface area contributed by atoms with Gasteiger partial charge in [-0.2, -0.15) is 0 Å². The molecule has 0 saturated heterocycles. The Kier molecular flexibility index (Phi) is 4.75. The lowest BCUT2D eigenvalue weighted by Gasteiger charge is -2.12. The average molecular weight is 332 g/mol. The van der Waals surface area contributed by atoms with Crippen LogP contribution in [0.25, 0.3) is 0 Å². The van der Waals surface area contributed by atoms with Gasteiger partial charge in [-0.25, -0.2) is 0 Å². The fourth-order valence-corrected chi connectivity index (χ4v) is 2.56. The smallest absolute Gasteiger partial charge is 0.276 e. The minimum Gasteiger partial charge on any atom is -0.338 e. The number of carbonyl (C=O) groups is 1. The molecule has 0 radical (unpaired) electrons. The van der Waals surface area contributed by atoms with Crippen molar-refractivity contribution in [2.45, 2.75) is 20.8 Å². The molecule has 0 aliphatic rings. The zero-order chi connectivity index (χ0) is 17.8. The average Bonchev–Trinajstić information content (AvgIpc) is 2.61. The van der Waals surface area contributed by atoms with Crippen LogP contribution in [0.5, 0.6) is 0 Å². The maximum Gasteiger partial charge on any atom is 0.276 e. The molecule has 0 saturated carbocycles. The number of hydrogen-bond acceptors (Lipinski definition) is 4. The molecule has 2 aromatic carbocycles. The van der Waals surface area contributed by atoms with Gasteiger partial charge in [-0.1, -0.05) is 36.4 Å². The number of benzene rings is 2. The first-order valence-electron chi connectivity index (χ1n) is 8.08. The van der Waals surface area contributed by atoms with Gasteiger partial charge in [-0.05, 0) is 55.7 Å². The number of amides is 1. The third-order valence-corrected chi connectivity index (χ3v) is 4.02. The van der Waals surface area contributed by atoms with Crippen molar-refractivity contribution in [2.75, 3.05) is 10.6 Å². The van der Waals surface area contributed by atoms with E-state index in [0.717, 1.165) is 28.1 Å². The Morgan fingerprint density at radius 3 is 2.12 bits per heavy atom. The quantitative estimate of drug-likeness (QED) is 0.743. The molecular formula is C20H20N4O. The second kappa shape index (κ2) is 7.13. The van der Waals surface area contributed by atoms with Crippen molar-refractivity contribution in [3.8, 4) is 0 Å². The van der Waals surface area contributed by atoms with E-state index in [2.05, 4.69) is 20.8 Å². The summed E-state index contributed by atoms with van der Waals surface area (Å²) in [6.07, 6.45) is 0. The second-order valence-electron chi connectivity index (χ2n) is 5.96. The molecule has 2 N–H and O–H groups in total. The Balaban J connectivity index is 1.74. The van der Waals surface area contributed by atoms with Gasteiger partial charge in [0.25, 0.3) is 5.91 Å². The lowest BCUT2D eigenvalue weighted by Crippen LogP contribution is -2.15. The van der Waals surface area contributed by atoms with Gasteiger partial charge in [0.15, 0.2) is 11.5 Å². The van der Waals surface area contributed by atoms with Crippen LogP contribution >= 0.6 is 0 Å². The van der Waals surface area contributed by atoms with Crippen molar-refractivity contribution in [2.24, 2.45) is 0 Å². The normalized spacial score (nSPS) is 10.4. The maximum absolute atomic E-state index is 12.3. The lowest BCUT2D eigenvalue weighted by atomic mass is 10.1. The Hall–Kier alpha value is -3.21. The Bertz CT molecular complexity index is 884. The standard InChI is InChI=1S/C20H20N4O/c1-13-7-4-5-10-16(13)21-20(25)17-11-12-18(24-23-17)22-19-14(2)8-6-9-15(19)3/h4-12H,1-3H3,(H,21,25)(H,22,24). The van der Waals surface area contributed by atoms with Gasteiger partial charge in [-0.3, -0.25) is 4.79 Å². The summed E-state index contributed by atoms with van der Waals surface area (Å²) in [5, 5.41) is 14.3. The van der Waals surface area contributed by atoms with E-state index in [1.54, 1.807) is 12.1 Å². The van der Waals surface area contributed by atoms with E-state index in [1.807, 2.05) is 63.2 Å². The van der Waals surface area contributed by atoms with Crippen molar-refractivity contribution >= 4 is 23.1 Å². The van der Waals surface area contributed by atoms with Crippen molar-refractivity contribution in [3.63, 3.8) is 0 Å². The Morgan fingerprint density at radius 2 is 1.48 bits per heavy atom. The summed E-state index contributed by atoms with van der Waals surface area (Å²) in [7, 11) is 0. The van der Waals surface area contributed by atoms with Crippen LogP contribution in [0.3, 0.4) is 0 Å². The van der Waals surface area contributed by atoms with E-state index in [1.165, 1.54) is 0 Å². The highest BCUT2D eigenvalue weighted by molar-refractivity contribution is 6.03. The van der Waals surface area contributed by atoms with E-state index in [-0.39, 0.29) is 11.6 Å². The highest BCUT2D eigenvalue weighted by Gasteiger charge is 2.10. The minimum atomic E-state index is -0.277. The molecule has 5 nitrogen and oxygen atoms in total. The van der Waals surface area contributed by atoms with Gasteiger partial charge in [0.05, 0.1) is 0 Å². The molecule has 3 aromatic rings. The van der Waals surface area contributed by atoms with Crippen LogP contribution in [0.2, 0.25) is 0 Å². The number of aromatic nitrogens is 2. The first-order valence-corrected chi connectivity index (χ1v) is 8.08. The maximum atomic E-state index is 12.3. The number of para-hydroxylation sites is 2. The van der Waals surface area contributed by atoms with E-state index in [4.69, 9.17) is 0 Å². The summed E-state index contributed by atoms with van der Waals surface area (Å²) in [5.41, 5.74) is 5.31. The first kappa shape index (κ1) is 16.6. The molecule has 1 amide bonds. The molecule has 3 rings (SSSR count).